The van der Waals surface area contributed by atoms with Crippen molar-refractivity contribution in [2.45, 2.75) is 105 Å². The van der Waals surface area contributed by atoms with E-state index >= 15 is 0 Å². The minimum absolute atomic E-state index is 0. The van der Waals surface area contributed by atoms with Gasteiger partial charge in [0.1, 0.15) is 24.3 Å². The molecule has 0 unspecified atom stereocenters. The van der Waals surface area contributed by atoms with Crippen LogP contribution in [0.15, 0.2) is 132 Å². The van der Waals surface area contributed by atoms with Gasteiger partial charge in [-0.3, -0.25) is 4.79 Å². The van der Waals surface area contributed by atoms with Crippen LogP contribution in [0.2, 0.25) is 0 Å². The predicted molar refractivity (Wildman–Crippen MR) is 296 cm³/mol. The fourth-order valence-corrected chi connectivity index (χ4v) is 3.23. The number of benzene rings is 4. The zero-order chi connectivity index (χ0) is 54.2. The molecule has 0 spiro atoms. The number of nitrogens with zero attached hydrogens (tertiary/aromatic N) is 4. The minimum Gasteiger partial charge on any atom is -0.505 e. The summed E-state index contributed by atoms with van der Waals surface area (Å²) in [6, 6.07) is 41.4. The Hall–Kier alpha value is -4.78. The summed E-state index contributed by atoms with van der Waals surface area (Å²) in [5, 5.41) is 51.7. The van der Waals surface area contributed by atoms with Crippen LogP contribution in [0.4, 0.5) is 0 Å². The maximum atomic E-state index is 10.4. The van der Waals surface area contributed by atoms with Crippen LogP contribution in [0.5, 0.6) is 0 Å². The largest absolute Gasteiger partial charge is 0.505 e. The molecule has 72 heavy (non-hydrogen) atoms. The Morgan fingerprint density at radius 1 is 0.486 bits per heavy atom. The molecule has 0 aromatic heterocycles. The van der Waals surface area contributed by atoms with Crippen LogP contribution in [0, 0.1) is 98.2 Å². The van der Waals surface area contributed by atoms with E-state index in [1.54, 1.807) is 156 Å². The van der Waals surface area contributed by atoms with E-state index < -0.39 is 11.2 Å². The Morgan fingerprint density at radius 3 is 0.861 bits per heavy atom. The summed E-state index contributed by atoms with van der Waals surface area (Å²) >= 11 is 5.16. The van der Waals surface area contributed by atoms with Crippen LogP contribution in [0.25, 0.3) is 11.5 Å². The number of terminal acetylenes is 2. The first-order valence-electron chi connectivity index (χ1n) is 20.6. The number of rotatable bonds is 5. The van der Waals surface area contributed by atoms with Gasteiger partial charge in [0, 0.05) is 101 Å². The molecule has 4 aromatic carbocycles. The maximum Gasteiger partial charge on any atom is 0.335 e. The minimum atomic E-state index is -0.879. The molecule has 0 fully saturated rings. The van der Waals surface area contributed by atoms with Gasteiger partial charge in [-0.25, -0.2) is 4.79 Å². The average molecular weight is 1690 g/mol. The number of carbonyl (C=O) groups excluding carboxylic acids is 1. The molecule has 4 aromatic rings. The number of allylic oxidation sites excluding steroid dienone is 2. The molecular formula is C58H83ClN4O5W4-4. The number of halogens is 1. The molecule has 9 nitrogen and oxygen atoms in total. The van der Waals surface area contributed by atoms with Crippen LogP contribution < -0.4 is 0 Å². The topological polar surface area (TPSA) is 179 Å². The number of carboxylic acid groups (broad SMARTS) is 1. The average Bonchev–Trinajstić information content (AvgIpc) is 3.43. The molecule has 400 valence electrons. The molecule has 0 aliphatic heterocycles. The Labute approximate surface area is 503 Å². The Kier molecular flexibility index (Phi) is 168. The summed E-state index contributed by atoms with van der Waals surface area (Å²) in [5.74, 6) is 1.41. The molecule has 0 saturated heterocycles. The van der Waals surface area contributed by atoms with Gasteiger partial charge in [0.25, 0.3) is 5.24 Å². The molecule has 4 rings (SSSR count). The van der Waals surface area contributed by atoms with Gasteiger partial charge in [-0.1, -0.05) is 179 Å². The van der Waals surface area contributed by atoms with Crippen LogP contribution >= 0.6 is 11.6 Å². The smallest absolute Gasteiger partial charge is 0.335 e. The van der Waals surface area contributed by atoms with Crippen molar-refractivity contribution in [3.63, 3.8) is 0 Å². The van der Waals surface area contributed by atoms with Crippen molar-refractivity contribution in [1.82, 2.24) is 0 Å². The number of aliphatic hydroxyl groups is 1. The number of hydrogen-bond acceptors (Lipinski definition) is 8. The molecule has 0 atom stereocenters. The fourth-order valence-electron chi connectivity index (χ4n) is 3.10. The molecule has 0 bridgehead atoms. The van der Waals surface area contributed by atoms with E-state index in [1.807, 2.05) is 79.7 Å². The summed E-state index contributed by atoms with van der Waals surface area (Å²) in [6.45, 7) is 37.7. The second-order valence-corrected chi connectivity index (χ2v) is 8.75. The van der Waals surface area contributed by atoms with Crippen LogP contribution in [0.3, 0.4) is 0 Å². The maximum absolute atomic E-state index is 10.4. The SMILES string of the molecule is C.C.C#C.C#CC.CC.CC.CC.CC.COC(=C(C#N)C#N)c1ccccc1.N#CC(C#N)=C(O)c1ccccc1.O=C(Cl)c1ccccc1.O=C(O)c1ccccc1.[CH2-]C.[CH2-]C.[CH2-]C.[CH2-]C.[W].[W].[W].[W]. The van der Waals surface area contributed by atoms with E-state index in [-0.39, 0.29) is 116 Å². The zero-order valence-corrected chi connectivity index (χ0v) is 56.0. The number of nitriles is 4. The van der Waals surface area contributed by atoms with Gasteiger partial charge in [0.05, 0.1) is 12.7 Å². The number of carboxylic acids is 1. The van der Waals surface area contributed by atoms with E-state index in [0.29, 0.717) is 22.4 Å². The van der Waals surface area contributed by atoms with Crippen molar-refractivity contribution in [3.8, 4) is 49.5 Å². The summed E-state index contributed by atoms with van der Waals surface area (Å²) < 4.78 is 5.01. The summed E-state index contributed by atoms with van der Waals surface area (Å²) in [5.41, 5.74) is 1.79. The van der Waals surface area contributed by atoms with Crippen LogP contribution in [0.1, 0.15) is 137 Å². The number of carbonyl (C=O) groups is 2. The molecular weight excluding hydrogens is 1600 g/mol. The van der Waals surface area contributed by atoms with E-state index in [4.69, 9.17) is 42.5 Å². The quantitative estimate of drug-likeness (QED) is 0.0647. The fraction of sp³-hybridized carbons (Fsp3) is 0.276. The van der Waals surface area contributed by atoms with Crippen LogP contribution in [-0.2, 0) is 89.0 Å². The van der Waals surface area contributed by atoms with Gasteiger partial charge in [-0.15, -0.1) is 25.2 Å². The first-order valence-corrected chi connectivity index (χ1v) is 21.0. The third-order valence-corrected chi connectivity index (χ3v) is 5.44. The third-order valence-electron chi connectivity index (χ3n) is 5.22. The predicted octanol–water partition coefficient (Wildman–Crippen LogP) is 17.2. The van der Waals surface area contributed by atoms with Crippen molar-refractivity contribution in [2.75, 3.05) is 7.11 Å². The number of aliphatic hydroxyl groups excluding tert-OH is 1. The Morgan fingerprint density at radius 2 is 0.694 bits per heavy atom. The molecule has 0 heterocycles. The van der Waals surface area contributed by atoms with Crippen molar-refractivity contribution < 1.29 is 109 Å². The molecule has 0 radical (unpaired) electrons. The number of hydrogen-bond donors (Lipinski definition) is 2. The summed E-state index contributed by atoms with van der Waals surface area (Å²) in [6.07, 6.45) is 12.6. The van der Waals surface area contributed by atoms with Crippen LogP contribution in [-0.4, -0.2) is 28.5 Å². The first kappa shape index (κ1) is 112. The van der Waals surface area contributed by atoms with E-state index in [2.05, 4.69) is 52.9 Å². The number of methoxy groups -OCH3 is 1. The Balaban J connectivity index is -0.0000000362. The molecule has 0 saturated carbocycles. The van der Waals surface area contributed by atoms with E-state index in [1.165, 1.54) is 7.11 Å². The van der Waals surface area contributed by atoms with Gasteiger partial charge >= 0.3 is 5.97 Å². The van der Waals surface area contributed by atoms with Crippen molar-refractivity contribution in [2.24, 2.45) is 0 Å². The monoisotopic (exact) mass is 1690 g/mol. The molecule has 0 aliphatic carbocycles. The van der Waals surface area contributed by atoms with Gasteiger partial charge < -0.3 is 42.6 Å². The number of aromatic carboxylic acids is 1. The Bertz CT molecular complexity index is 1850. The van der Waals surface area contributed by atoms with Crippen molar-refractivity contribution >= 4 is 34.3 Å². The second-order valence-electron chi connectivity index (χ2n) is 8.41. The van der Waals surface area contributed by atoms with Gasteiger partial charge in [0.2, 0.25) is 0 Å². The van der Waals surface area contributed by atoms with Gasteiger partial charge in [0.15, 0.2) is 22.7 Å². The van der Waals surface area contributed by atoms with Crippen molar-refractivity contribution in [3.05, 3.63) is 182 Å². The first-order chi connectivity index (χ1) is 32.1. The van der Waals surface area contributed by atoms with Crippen molar-refractivity contribution in [1.29, 1.82) is 21.0 Å². The standard InChI is InChI=1S/C11H8N2O.C10H6N2O.C7H5ClO.C7H6O2.C3H4.4C2H6.4C2H5.C2H2.2CH4.4W/c1-14-11(10(7-12)8-13)9-5-3-2-4-6-9;11-6-9(7-12)10(13)8-4-2-1-3-5-8;2*8-7(9)6-4-2-1-3-5-6;1-3-2;9*1-2;;;;;;/h2-6H,1H3;1-5,13H;1-5H;1-5H,(H,8,9);1H,2H3;4*1-2H3;4*1H2,2H3;1-2H;2*1H4;;;;/q;;;;;;;;;4*-1;;;;;;;. The van der Waals surface area contributed by atoms with Gasteiger partial charge in [-0.2, -0.15) is 48.7 Å². The summed E-state index contributed by atoms with van der Waals surface area (Å²) in [7, 11) is 1.44. The second kappa shape index (κ2) is 107. The third kappa shape index (κ3) is 71.8. The molecule has 2 N–H and O–H groups in total. The number of ether oxygens (including phenoxy) is 1. The molecule has 0 amide bonds. The van der Waals surface area contributed by atoms with E-state index in [0.717, 1.165) is 5.56 Å². The summed E-state index contributed by atoms with van der Waals surface area (Å²) in [4.78, 5) is 20.6. The zero-order valence-electron chi connectivity index (χ0n) is 43.5. The normalized spacial score (nSPS) is 6.11. The molecule has 14 heteroatoms. The van der Waals surface area contributed by atoms with Gasteiger partial charge in [-0.05, 0) is 30.7 Å². The molecule has 0 aliphatic rings. The van der Waals surface area contributed by atoms with E-state index in [9.17, 15) is 14.7 Å².